The molecule has 170 valence electrons. The van der Waals surface area contributed by atoms with Gasteiger partial charge in [0.1, 0.15) is 29.6 Å². The van der Waals surface area contributed by atoms with Crippen LogP contribution in [0.1, 0.15) is 24.4 Å². The number of hydrogen-bond donors (Lipinski definition) is 2. The number of halogens is 1. The smallest absolute Gasteiger partial charge is 0.161 e. The molecule has 0 saturated heterocycles. The number of anilines is 2. The summed E-state index contributed by atoms with van der Waals surface area (Å²) >= 11 is 0. The van der Waals surface area contributed by atoms with Gasteiger partial charge in [0, 0.05) is 23.4 Å². The first-order valence-corrected chi connectivity index (χ1v) is 10.6. The molecule has 2 heterocycles. The standard InChI is InChI=1S/C24H24FN5O3/c1-31-17-7-3-15(21(12-17)32-2)13-33-29-24-22-20(9-10-27-24)30(16-5-6-16)28-23(22)14-4-8-19(26)18(25)11-14/h3-4,7-12,16H,5-6,13,26H2,1-2H3,(H,27,29). The number of aromatic nitrogens is 3. The second-order valence-electron chi connectivity index (χ2n) is 7.88. The van der Waals surface area contributed by atoms with Crippen molar-refractivity contribution in [2.24, 2.45) is 0 Å². The van der Waals surface area contributed by atoms with Crippen LogP contribution in [-0.4, -0.2) is 29.0 Å². The fraction of sp³-hybridized carbons (Fsp3) is 0.250. The van der Waals surface area contributed by atoms with Gasteiger partial charge in [-0.1, -0.05) is 6.07 Å². The highest BCUT2D eigenvalue weighted by atomic mass is 19.1. The van der Waals surface area contributed by atoms with Crippen molar-refractivity contribution >= 4 is 22.4 Å². The maximum atomic E-state index is 14.2. The third-order valence-electron chi connectivity index (χ3n) is 5.68. The molecule has 5 rings (SSSR count). The number of hydrogen-bond acceptors (Lipinski definition) is 7. The van der Waals surface area contributed by atoms with Crippen LogP contribution < -0.4 is 20.7 Å². The Hall–Kier alpha value is -3.85. The SMILES string of the molecule is COc1ccc(CONc2nccc3c2c(-c2ccc(N)c(F)c2)nn3C2CC2)c(OC)c1. The van der Waals surface area contributed by atoms with E-state index in [-0.39, 0.29) is 12.3 Å². The Morgan fingerprint density at radius 2 is 1.97 bits per heavy atom. The summed E-state index contributed by atoms with van der Waals surface area (Å²) < 4.78 is 26.9. The number of fused-ring (bicyclic) bond motifs is 1. The molecule has 8 nitrogen and oxygen atoms in total. The summed E-state index contributed by atoms with van der Waals surface area (Å²) in [6.07, 6.45) is 3.83. The van der Waals surface area contributed by atoms with E-state index in [4.69, 9.17) is 25.1 Å². The predicted octanol–water partition coefficient (Wildman–Crippen LogP) is 4.72. The number of methoxy groups -OCH3 is 2. The van der Waals surface area contributed by atoms with E-state index in [0.29, 0.717) is 34.6 Å². The van der Waals surface area contributed by atoms with Crippen molar-refractivity contribution in [1.82, 2.24) is 14.8 Å². The van der Waals surface area contributed by atoms with Gasteiger partial charge in [-0.15, -0.1) is 0 Å². The number of ether oxygens (including phenoxy) is 2. The van der Waals surface area contributed by atoms with Crippen LogP contribution in [0.15, 0.2) is 48.7 Å². The maximum Gasteiger partial charge on any atom is 0.161 e. The third-order valence-corrected chi connectivity index (χ3v) is 5.68. The first-order chi connectivity index (χ1) is 16.1. The molecule has 1 saturated carbocycles. The summed E-state index contributed by atoms with van der Waals surface area (Å²) in [5, 5.41) is 5.56. The number of nitrogens with two attached hydrogens (primary N) is 1. The van der Waals surface area contributed by atoms with Crippen molar-refractivity contribution in [3.05, 3.63) is 60.0 Å². The van der Waals surface area contributed by atoms with Gasteiger partial charge >= 0.3 is 0 Å². The van der Waals surface area contributed by atoms with Gasteiger partial charge in [-0.25, -0.2) is 14.9 Å². The van der Waals surface area contributed by atoms with Crippen molar-refractivity contribution in [3.63, 3.8) is 0 Å². The number of pyridine rings is 1. The largest absolute Gasteiger partial charge is 0.497 e. The van der Waals surface area contributed by atoms with Gasteiger partial charge in [-0.2, -0.15) is 5.10 Å². The van der Waals surface area contributed by atoms with Crippen molar-refractivity contribution in [2.45, 2.75) is 25.5 Å². The molecule has 1 aliphatic rings. The first kappa shape index (κ1) is 21.0. The monoisotopic (exact) mass is 449 g/mol. The van der Waals surface area contributed by atoms with Gasteiger partial charge in [0.2, 0.25) is 0 Å². The molecule has 0 bridgehead atoms. The van der Waals surface area contributed by atoms with Crippen LogP contribution in [0.25, 0.3) is 22.2 Å². The molecule has 1 fully saturated rings. The summed E-state index contributed by atoms with van der Waals surface area (Å²) in [4.78, 5) is 10.3. The number of nitrogens with zero attached hydrogens (tertiary/aromatic N) is 3. The lowest BCUT2D eigenvalue weighted by atomic mass is 10.1. The Kier molecular flexibility index (Phi) is 5.47. The number of nitrogen functional groups attached to an aromatic ring is 1. The van der Waals surface area contributed by atoms with Crippen LogP contribution in [0.4, 0.5) is 15.9 Å². The first-order valence-electron chi connectivity index (χ1n) is 10.6. The van der Waals surface area contributed by atoms with Crippen LogP contribution in [0.2, 0.25) is 0 Å². The minimum Gasteiger partial charge on any atom is -0.497 e. The Morgan fingerprint density at radius 3 is 2.70 bits per heavy atom. The van der Waals surface area contributed by atoms with Crippen LogP contribution in [0.3, 0.4) is 0 Å². The average Bonchev–Trinajstić information content (AvgIpc) is 3.61. The predicted molar refractivity (Wildman–Crippen MR) is 124 cm³/mol. The topological polar surface area (TPSA) is 96.5 Å². The highest BCUT2D eigenvalue weighted by Crippen LogP contribution is 2.41. The highest BCUT2D eigenvalue weighted by Gasteiger charge is 2.29. The Balaban J connectivity index is 1.48. The average molecular weight is 449 g/mol. The molecule has 0 atom stereocenters. The molecule has 0 aliphatic heterocycles. The lowest BCUT2D eigenvalue weighted by Gasteiger charge is -2.12. The minimum absolute atomic E-state index is 0.0953. The number of benzene rings is 2. The maximum absolute atomic E-state index is 14.2. The van der Waals surface area contributed by atoms with Gasteiger partial charge in [0.25, 0.3) is 0 Å². The second-order valence-corrected chi connectivity index (χ2v) is 7.88. The molecule has 0 amide bonds. The molecule has 33 heavy (non-hydrogen) atoms. The van der Waals surface area contributed by atoms with Gasteiger partial charge in [0.15, 0.2) is 5.82 Å². The molecular weight excluding hydrogens is 425 g/mol. The fourth-order valence-corrected chi connectivity index (χ4v) is 3.79. The molecule has 4 aromatic rings. The summed E-state index contributed by atoms with van der Waals surface area (Å²) in [6.45, 7) is 0.230. The molecule has 0 radical (unpaired) electrons. The van der Waals surface area contributed by atoms with Crippen molar-refractivity contribution in [3.8, 4) is 22.8 Å². The Morgan fingerprint density at radius 1 is 1.12 bits per heavy atom. The zero-order valence-electron chi connectivity index (χ0n) is 18.3. The van der Waals surface area contributed by atoms with E-state index in [2.05, 4.69) is 10.5 Å². The normalized spacial score (nSPS) is 13.3. The van der Waals surface area contributed by atoms with E-state index in [9.17, 15) is 4.39 Å². The zero-order chi connectivity index (χ0) is 22.9. The van der Waals surface area contributed by atoms with E-state index in [0.717, 1.165) is 29.3 Å². The van der Waals surface area contributed by atoms with E-state index < -0.39 is 5.82 Å². The lowest BCUT2D eigenvalue weighted by Crippen LogP contribution is -2.05. The number of rotatable bonds is 8. The van der Waals surface area contributed by atoms with E-state index in [1.165, 1.54) is 6.07 Å². The summed E-state index contributed by atoms with van der Waals surface area (Å²) in [6, 6.07) is 12.5. The Bertz CT molecular complexity index is 1320. The van der Waals surface area contributed by atoms with Crippen LogP contribution >= 0.6 is 0 Å². The van der Waals surface area contributed by atoms with E-state index in [1.54, 1.807) is 38.6 Å². The van der Waals surface area contributed by atoms with Gasteiger partial charge < -0.3 is 15.2 Å². The van der Waals surface area contributed by atoms with E-state index >= 15 is 0 Å². The minimum atomic E-state index is -0.483. The van der Waals surface area contributed by atoms with Crippen molar-refractivity contribution < 1.29 is 18.7 Å². The molecule has 9 heteroatoms. The molecule has 0 unspecified atom stereocenters. The molecule has 3 N–H and O–H groups in total. The molecule has 0 spiro atoms. The highest BCUT2D eigenvalue weighted by molar-refractivity contribution is 6.00. The third kappa shape index (κ3) is 4.03. The lowest BCUT2D eigenvalue weighted by molar-refractivity contribution is 0.176. The van der Waals surface area contributed by atoms with Crippen molar-refractivity contribution in [2.75, 3.05) is 25.4 Å². The quantitative estimate of drug-likeness (QED) is 0.297. The zero-order valence-corrected chi connectivity index (χ0v) is 18.3. The molecule has 2 aromatic heterocycles. The summed E-state index contributed by atoms with van der Waals surface area (Å²) in [7, 11) is 3.20. The molecular formula is C24H24FN5O3. The molecule has 2 aromatic carbocycles. The van der Waals surface area contributed by atoms with Gasteiger partial charge in [0.05, 0.1) is 36.9 Å². The summed E-state index contributed by atoms with van der Waals surface area (Å²) in [5.41, 5.74) is 11.7. The fourth-order valence-electron chi connectivity index (χ4n) is 3.79. The van der Waals surface area contributed by atoms with Crippen LogP contribution in [0, 0.1) is 5.82 Å². The number of nitrogens with one attached hydrogen (secondary N) is 1. The van der Waals surface area contributed by atoms with Crippen LogP contribution in [-0.2, 0) is 11.4 Å². The Labute approximate surface area is 190 Å². The van der Waals surface area contributed by atoms with Crippen molar-refractivity contribution in [1.29, 1.82) is 0 Å². The van der Waals surface area contributed by atoms with Gasteiger partial charge in [-0.05, 0) is 43.2 Å². The second kappa shape index (κ2) is 8.59. The molecule has 1 aliphatic carbocycles. The van der Waals surface area contributed by atoms with Crippen LogP contribution in [0.5, 0.6) is 11.5 Å². The summed E-state index contributed by atoms with van der Waals surface area (Å²) in [5.74, 6) is 1.37. The van der Waals surface area contributed by atoms with Gasteiger partial charge in [-0.3, -0.25) is 9.52 Å². The van der Waals surface area contributed by atoms with E-state index in [1.807, 2.05) is 22.9 Å².